The monoisotopic (exact) mass is 410 g/mol. The summed E-state index contributed by atoms with van der Waals surface area (Å²) in [5, 5.41) is 13.8. The van der Waals surface area contributed by atoms with Crippen molar-refractivity contribution in [3.8, 4) is 0 Å². The molecule has 0 spiro atoms. The standard InChI is InChI=1S/C19H23ClN2O4S/c1-5-11-12(20)7-6-8-13(11)21-16(27)15-14(23)9-10-22(17(15)24)18(25)26-19(2,3)4/h6-8,23H,5,9-10H2,1-4H3,(H,21,27). The van der Waals surface area contributed by atoms with Gasteiger partial charge in [0.1, 0.15) is 21.9 Å². The molecule has 0 saturated carbocycles. The summed E-state index contributed by atoms with van der Waals surface area (Å²) in [6.07, 6.45) is 0.00340. The van der Waals surface area contributed by atoms with Gasteiger partial charge < -0.3 is 15.2 Å². The zero-order valence-corrected chi connectivity index (χ0v) is 17.3. The van der Waals surface area contributed by atoms with Gasteiger partial charge in [0.2, 0.25) is 0 Å². The van der Waals surface area contributed by atoms with Gasteiger partial charge in [0.05, 0.1) is 0 Å². The Morgan fingerprint density at radius 2 is 2.07 bits per heavy atom. The number of thiocarbonyl (C=S) groups is 1. The van der Waals surface area contributed by atoms with Crippen molar-refractivity contribution in [2.45, 2.75) is 46.1 Å². The number of benzene rings is 1. The lowest BCUT2D eigenvalue weighted by Gasteiger charge is -2.30. The van der Waals surface area contributed by atoms with Gasteiger partial charge in [0.25, 0.3) is 5.91 Å². The molecule has 0 aromatic heterocycles. The number of carbonyl (C=O) groups is 2. The van der Waals surface area contributed by atoms with Crippen LogP contribution < -0.4 is 5.32 Å². The molecular weight excluding hydrogens is 388 g/mol. The van der Waals surface area contributed by atoms with Crippen LogP contribution in [0.5, 0.6) is 0 Å². The number of hydrogen-bond acceptors (Lipinski definition) is 5. The Balaban J connectivity index is 2.26. The summed E-state index contributed by atoms with van der Waals surface area (Å²) in [7, 11) is 0. The number of hydrogen-bond donors (Lipinski definition) is 2. The quantitative estimate of drug-likeness (QED) is 0.708. The van der Waals surface area contributed by atoms with E-state index in [-0.39, 0.29) is 29.3 Å². The average molecular weight is 411 g/mol. The molecule has 0 atom stereocenters. The number of amides is 2. The summed E-state index contributed by atoms with van der Waals surface area (Å²) in [5.41, 5.74) is 0.645. The number of aliphatic hydroxyl groups is 1. The minimum atomic E-state index is -0.766. The molecule has 1 heterocycles. The number of halogens is 1. The Morgan fingerprint density at radius 3 is 2.67 bits per heavy atom. The first-order chi connectivity index (χ1) is 12.5. The van der Waals surface area contributed by atoms with E-state index in [1.165, 1.54) is 0 Å². The summed E-state index contributed by atoms with van der Waals surface area (Å²) in [6, 6.07) is 5.31. The van der Waals surface area contributed by atoms with E-state index in [1.807, 2.05) is 6.92 Å². The third-order valence-electron chi connectivity index (χ3n) is 3.88. The van der Waals surface area contributed by atoms with Crippen LogP contribution in [0.15, 0.2) is 29.5 Å². The lowest BCUT2D eigenvalue weighted by molar-refractivity contribution is -0.126. The highest BCUT2D eigenvalue weighted by Crippen LogP contribution is 2.27. The minimum Gasteiger partial charge on any atom is -0.511 e. The maximum absolute atomic E-state index is 12.8. The Labute approximate surface area is 169 Å². The lowest BCUT2D eigenvalue weighted by Crippen LogP contribution is -2.46. The van der Waals surface area contributed by atoms with Crippen molar-refractivity contribution in [2.24, 2.45) is 0 Å². The first-order valence-electron chi connectivity index (χ1n) is 8.60. The first-order valence-corrected chi connectivity index (χ1v) is 9.39. The second kappa shape index (κ2) is 8.27. The average Bonchev–Trinajstić information content (AvgIpc) is 2.53. The maximum Gasteiger partial charge on any atom is 0.417 e. The molecule has 2 amide bonds. The number of aliphatic hydroxyl groups excluding tert-OH is 1. The van der Waals surface area contributed by atoms with Crippen molar-refractivity contribution in [2.75, 3.05) is 11.9 Å². The molecule has 0 bridgehead atoms. The largest absolute Gasteiger partial charge is 0.511 e. The Morgan fingerprint density at radius 1 is 1.41 bits per heavy atom. The maximum atomic E-state index is 12.8. The smallest absolute Gasteiger partial charge is 0.417 e. The van der Waals surface area contributed by atoms with Crippen molar-refractivity contribution in [1.82, 2.24) is 4.90 Å². The number of anilines is 1. The van der Waals surface area contributed by atoms with Crippen LogP contribution >= 0.6 is 23.8 Å². The van der Waals surface area contributed by atoms with Gasteiger partial charge in [-0.3, -0.25) is 4.79 Å². The van der Waals surface area contributed by atoms with Gasteiger partial charge in [0.15, 0.2) is 0 Å². The van der Waals surface area contributed by atoms with Crippen molar-refractivity contribution < 1.29 is 19.4 Å². The van der Waals surface area contributed by atoms with Crippen molar-refractivity contribution in [3.05, 3.63) is 40.1 Å². The molecule has 2 N–H and O–H groups in total. The number of carbonyl (C=O) groups excluding carboxylic acids is 2. The van der Waals surface area contributed by atoms with Gasteiger partial charge in [-0.2, -0.15) is 0 Å². The van der Waals surface area contributed by atoms with Crippen LogP contribution in [-0.2, 0) is 16.0 Å². The van der Waals surface area contributed by atoms with Gasteiger partial charge in [-0.1, -0.05) is 36.8 Å². The number of ether oxygens (including phenoxy) is 1. The topological polar surface area (TPSA) is 78.9 Å². The Bertz CT molecular complexity index is 814. The van der Waals surface area contributed by atoms with Crippen LogP contribution in [0.25, 0.3) is 0 Å². The third-order valence-corrected chi connectivity index (χ3v) is 4.54. The molecule has 0 aliphatic carbocycles. The van der Waals surface area contributed by atoms with Gasteiger partial charge in [0, 0.05) is 23.7 Å². The molecule has 1 aromatic carbocycles. The van der Waals surface area contributed by atoms with E-state index in [4.69, 9.17) is 28.6 Å². The fourth-order valence-corrected chi connectivity index (χ4v) is 3.27. The van der Waals surface area contributed by atoms with Gasteiger partial charge in [-0.05, 0) is 44.9 Å². The minimum absolute atomic E-state index is 0.0303. The van der Waals surface area contributed by atoms with Crippen molar-refractivity contribution in [1.29, 1.82) is 0 Å². The predicted molar refractivity (Wildman–Crippen MR) is 109 cm³/mol. The molecule has 0 radical (unpaired) electrons. The molecule has 1 aliphatic heterocycles. The summed E-state index contributed by atoms with van der Waals surface area (Å²) < 4.78 is 5.26. The normalized spacial score (nSPS) is 15.0. The molecule has 27 heavy (non-hydrogen) atoms. The van der Waals surface area contributed by atoms with Gasteiger partial charge in [-0.25, -0.2) is 9.69 Å². The first kappa shape index (κ1) is 21.2. The van der Waals surface area contributed by atoms with Crippen LogP contribution in [0.4, 0.5) is 10.5 Å². The van der Waals surface area contributed by atoms with E-state index < -0.39 is 17.6 Å². The highest BCUT2D eigenvalue weighted by molar-refractivity contribution is 7.81. The fraction of sp³-hybridized carbons (Fsp3) is 0.421. The Hall–Kier alpha value is -2.12. The number of nitrogens with one attached hydrogen (secondary N) is 1. The molecule has 6 nitrogen and oxygen atoms in total. The van der Waals surface area contributed by atoms with E-state index in [1.54, 1.807) is 39.0 Å². The van der Waals surface area contributed by atoms with Crippen molar-refractivity contribution >= 4 is 46.5 Å². The van der Waals surface area contributed by atoms with Crippen LogP contribution in [-0.4, -0.2) is 39.1 Å². The summed E-state index contributed by atoms with van der Waals surface area (Å²) >= 11 is 11.5. The highest BCUT2D eigenvalue weighted by Gasteiger charge is 2.36. The van der Waals surface area contributed by atoms with Crippen LogP contribution in [0.3, 0.4) is 0 Å². The van der Waals surface area contributed by atoms with Crippen LogP contribution in [0.2, 0.25) is 5.02 Å². The summed E-state index contributed by atoms with van der Waals surface area (Å²) in [4.78, 5) is 26.1. The predicted octanol–water partition coefficient (Wildman–Crippen LogP) is 4.62. The SMILES string of the molecule is CCc1c(Cl)cccc1NC(=S)C1=C(O)CCN(C(=O)OC(C)(C)C)C1=O. The van der Waals surface area contributed by atoms with E-state index in [9.17, 15) is 14.7 Å². The second-order valence-corrected chi connectivity index (χ2v) is 7.90. The Kier molecular flexibility index (Phi) is 6.49. The lowest BCUT2D eigenvalue weighted by atomic mass is 10.1. The summed E-state index contributed by atoms with van der Waals surface area (Å²) in [5.74, 6) is -0.844. The number of nitrogens with zero attached hydrogens (tertiary/aromatic N) is 1. The zero-order chi connectivity index (χ0) is 20.4. The molecule has 1 aliphatic rings. The molecule has 8 heteroatoms. The zero-order valence-electron chi connectivity index (χ0n) is 15.8. The molecule has 2 rings (SSSR count). The van der Waals surface area contributed by atoms with Crippen LogP contribution in [0.1, 0.15) is 39.7 Å². The number of rotatable bonds is 3. The van der Waals surface area contributed by atoms with Crippen molar-refractivity contribution in [3.63, 3.8) is 0 Å². The molecule has 1 aromatic rings. The number of imide groups is 1. The molecule has 0 fully saturated rings. The van der Waals surface area contributed by atoms with E-state index in [2.05, 4.69) is 5.32 Å². The van der Waals surface area contributed by atoms with Crippen LogP contribution in [0, 0.1) is 0 Å². The van der Waals surface area contributed by atoms with E-state index in [0.717, 1.165) is 10.5 Å². The molecule has 0 unspecified atom stereocenters. The third kappa shape index (κ3) is 4.99. The van der Waals surface area contributed by atoms with E-state index >= 15 is 0 Å². The van der Waals surface area contributed by atoms with E-state index in [0.29, 0.717) is 17.1 Å². The second-order valence-electron chi connectivity index (χ2n) is 7.08. The summed E-state index contributed by atoms with van der Waals surface area (Å²) in [6.45, 7) is 7.12. The molecule has 0 saturated heterocycles. The highest BCUT2D eigenvalue weighted by atomic mass is 35.5. The molecule has 146 valence electrons. The molecular formula is C19H23ClN2O4S. The fourth-order valence-electron chi connectivity index (χ4n) is 2.64. The van der Waals surface area contributed by atoms with Gasteiger partial charge >= 0.3 is 6.09 Å². The van der Waals surface area contributed by atoms with Gasteiger partial charge in [-0.15, -0.1) is 0 Å².